The van der Waals surface area contributed by atoms with Crippen molar-refractivity contribution in [3.8, 4) is 11.5 Å². The predicted molar refractivity (Wildman–Crippen MR) is 107 cm³/mol. The second-order valence-corrected chi connectivity index (χ2v) is 7.27. The van der Waals surface area contributed by atoms with Crippen LogP contribution in [0.25, 0.3) is 11.5 Å². The number of esters is 1. The number of nitrogens with one attached hydrogen (secondary N) is 1. The average Bonchev–Trinajstić information content (AvgIpc) is 3.42. The van der Waals surface area contributed by atoms with Crippen LogP contribution in [0.3, 0.4) is 0 Å². The topological polar surface area (TPSA) is 81.4 Å². The molecule has 0 aliphatic heterocycles. The lowest BCUT2D eigenvalue weighted by atomic mass is 9.96. The van der Waals surface area contributed by atoms with Gasteiger partial charge in [-0.3, -0.25) is 9.59 Å². The quantitative estimate of drug-likeness (QED) is 0.597. The summed E-state index contributed by atoms with van der Waals surface area (Å²) in [5.41, 5.74) is 2.56. The molecule has 1 aromatic heterocycles. The molecule has 0 spiro atoms. The Hall–Kier alpha value is -3.41. The van der Waals surface area contributed by atoms with E-state index < -0.39 is 5.97 Å². The SMILES string of the molecule is O=C(COC(=O)Cc1coc(-c2ccccc2)n1)NCC1(c2ccccc2)CC1. The summed E-state index contributed by atoms with van der Waals surface area (Å²) < 4.78 is 10.5. The molecule has 29 heavy (non-hydrogen) atoms. The summed E-state index contributed by atoms with van der Waals surface area (Å²) in [4.78, 5) is 28.4. The number of oxazole rings is 1. The summed E-state index contributed by atoms with van der Waals surface area (Å²) >= 11 is 0. The maximum Gasteiger partial charge on any atom is 0.312 e. The van der Waals surface area contributed by atoms with Crippen molar-refractivity contribution in [1.29, 1.82) is 0 Å². The van der Waals surface area contributed by atoms with Gasteiger partial charge in [0.05, 0.1) is 12.1 Å². The lowest BCUT2D eigenvalue weighted by Gasteiger charge is -2.16. The lowest BCUT2D eigenvalue weighted by Crippen LogP contribution is -2.35. The molecule has 3 aromatic rings. The number of benzene rings is 2. The van der Waals surface area contributed by atoms with E-state index in [1.165, 1.54) is 11.8 Å². The van der Waals surface area contributed by atoms with Gasteiger partial charge in [0.15, 0.2) is 6.61 Å². The zero-order valence-electron chi connectivity index (χ0n) is 16.0. The van der Waals surface area contributed by atoms with Gasteiger partial charge in [-0.1, -0.05) is 48.5 Å². The van der Waals surface area contributed by atoms with Crippen molar-refractivity contribution in [3.63, 3.8) is 0 Å². The maximum absolute atomic E-state index is 12.1. The van der Waals surface area contributed by atoms with Crippen molar-refractivity contribution < 1.29 is 18.7 Å². The Bertz CT molecular complexity index is 978. The number of ether oxygens (including phenoxy) is 1. The third-order valence-electron chi connectivity index (χ3n) is 5.13. The first-order valence-corrected chi connectivity index (χ1v) is 9.62. The molecule has 0 atom stereocenters. The zero-order valence-corrected chi connectivity index (χ0v) is 16.0. The van der Waals surface area contributed by atoms with E-state index in [9.17, 15) is 9.59 Å². The van der Waals surface area contributed by atoms with E-state index >= 15 is 0 Å². The molecule has 1 amide bonds. The Kier molecular flexibility index (Phi) is 5.42. The molecule has 2 aromatic carbocycles. The molecule has 6 nitrogen and oxygen atoms in total. The van der Waals surface area contributed by atoms with Crippen LogP contribution in [-0.2, 0) is 26.2 Å². The van der Waals surface area contributed by atoms with Gasteiger partial charge in [0.2, 0.25) is 5.89 Å². The van der Waals surface area contributed by atoms with Crippen LogP contribution in [0.2, 0.25) is 0 Å². The summed E-state index contributed by atoms with van der Waals surface area (Å²) in [5.74, 6) is -0.371. The molecule has 1 aliphatic rings. The zero-order chi connectivity index (χ0) is 20.1. The fraction of sp³-hybridized carbons (Fsp3) is 0.261. The van der Waals surface area contributed by atoms with Crippen LogP contribution >= 0.6 is 0 Å². The molecule has 1 aliphatic carbocycles. The minimum Gasteiger partial charge on any atom is -0.455 e. The monoisotopic (exact) mass is 390 g/mol. The fourth-order valence-electron chi connectivity index (χ4n) is 3.28. The lowest BCUT2D eigenvalue weighted by molar-refractivity contribution is -0.147. The summed E-state index contributed by atoms with van der Waals surface area (Å²) in [5, 5.41) is 2.88. The van der Waals surface area contributed by atoms with Gasteiger partial charge in [0, 0.05) is 17.5 Å². The van der Waals surface area contributed by atoms with Gasteiger partial charge in [0.25, 0.3) is 5.91 Å². The molecule has 0 bridgehead atoms. The molecule has 1 saturated carbocycles. The second kappa shape index (κ2) is 8.31. The first-order chi connectivity index (χ1) is 14.1. The molecular weight excluding hydrogens is 368 g/mol. The molecular formula is C23H22N2O4. The highest BCUT2D eigenvalue weighted by atomic mass is 16.5. The Morgan fingerprint density at radius 2 is 1.72 bits per heavy atom. The number of hydrogen-bond acceptors (Lipinski definition) is 5. The third kappa shape index (κ3) is 4.71. The van der Waals surface area contributed by atoms with Gasteiger partial charge >= 0.3 is 5.97 Å². The number of aromatic nitrogens is 1. The smallest absolute Gasteiger partial charge is 0.312 e. The molecule has 0 radical (unpaired) electrons. The molecule has 6 heteroatoms. The number of carbonyl (C=O) groups excluding carboxylic acids is 2. The maximum atomic E-state index is 12.1. The Balaban J connectivity index is 1.22. The minimum absolute atomic E-state index is 0.0233. The summed E-state index contributed by atoms with van der Waals surface area (Å²) in [6.07, 6.45) is 3.48. The Morgan fingerprint density at radius 3 is 2.41 bits per heavy atom. The van der Waals surface area contributed by atoms with Crippen LogP contribution in [-0.4, -0.2) is 30.0 Å². The highest BCUT2D eigenvalue weighted by Gasteiger charge is 2.44. The van der Waals surface area contributed by atoms with Gasteiger partial charge in [0.1, 0.15) is 6.26 Å². The van der Waals surface area contributed by atoms with Gasteiger partial charge in [-0.2, -0.15) is 0 Å². The molecule has 4 rings (SSSR count). The summed E-state index contributed by atoms with van der Waals surface area (Å²) in [6, 6.07) is 19.6. The van der Waals surface area contributed by atoms with Gasteiger partial charge in [-0.25, -0.2) is 4.98 Å². The second-order valence-electron chi connectivity index (χ2n) is 7.27. The van der Waals surface area contributed by atoms with Crippen molar-refractivity contribution in [2.24, 2.45) is 0 Å². The van der Waals surface area contributed by atoms with E-state index in [1.807, 2.05) is 48.5 Å². The van der Waals surface area contributed by atoms with E-state index in [1.54, 1.807) is 0 Å². The van der Waals surface area contributed by atoms with Crippen LogP contribution in [0.1, 0.15) is 24.1 Å². The normalized spacial score (nSPS) is 14.2. The molecule has 0 saturated heterocycles. The standard InChI is InChI=1S/C23H22N2O4/c26-20(24-16-23(11-12-23)18-9-5-2-6-10-18)15-28-21(27)13-19-14-29-22(25-19)17-7-3-1-4-8-17/h1-10,14H,11-13,15-16H2,(H,24,26). The number of carbonyl (C=O) groups is 2. The highest BCUT2D eigenvalue weighted by Crippen LogP contribution is 2.47. The van der Waals surface area contributed by atoms with Gasteiger partial charge in [-0.05, 0) is 30.5 Å². The van der Waals surface area contributed by atoms with Gasteiger partial charge in [-0.15, -0.1) is 0 Å². The number of rotatable bonds is 8. The number of nitrogens with zero attached hydrogens (tertiary/aromatic N) is 1. The Labute approximate surface area is 168 Å². The van der Waals surface area contributed by atoms with Crippen molar-refractivity contribution in [1.82, 2.24) is 10.3 Å². The van der Waals surface area contributed by atoms with Crippen molar-refractivity contribution >= 4 is 11.9 Å². The first kappa shape index (κ1) is 18.9. The first-order valence-electron chi connectivity index (χ1n) is 9.62. The minimum atomic E-state index is -0.516. The van der Waals surface area contributed by atoms with Crippen LogP contribution in [0.4, 0.5) is 0 Å². The highest BCUT2D eigenvalue weighted by molar-refractivity contribution is 5.81. The van der Waals surface area contributed by atoms with Crippen molar-refractivity contribution in [3.05, 3.63) is 78.2 Å². The Morgan fingerprint density at radius 1 is 1.03 bits per heavy atom. The third-order valence-corrected chi connectivity index (χ3v) is 5.13. The molecule has 1 N–H and O–H groups in total. The van der Waals surface area contributed by atoms with Crippen LogP contribution in [0.5, 0.6) is 0 Å². The van der Waals surface area contributed by atoms with Crippen LogP contribution < -0.4 is 5.32 Å². The van der Waals surface area contributed by atoms with Crippen molar-refractivity contribution in [2.45, 2.75) is 24.7 Å². The van der Waals surface area contributed by atoms with Gasteiger partial charge < -0.3 is 14.5 Å². The summed E-state index contributed by atoms with van der Waals surface area (Å²) in [7, 11) is 0. The fourth-order valence-corrected chi connectivity index (χ4v) is 3.28. The van der Waals surface area contributed by atoms with E-state index in [-0.39, 0.29) is 24.3 Å². The predicted octanol–water partition coefficient (Wildman–Crippen LogP) is 3.28. The molecule has 148 valence electrons. The number of amides is 1. The van der Waals surface area contributed by atoms with Crippen LogP contribution in [0, 0.1) is 0 Å². The molecule has 1 fully saturated rings. The van der Waals surface area contributed by atoms with E-state index in [2.05, 4.69) is 22.4 Å². The number of hydrogen-bond donors (Lipinski definition) is 1. The summed E-state index contributed by atoms with van der Waals surface area (Å²) in [6.45, 7) is 0.254. The van der Waals surface area contributed by atoms with E-state index in [0.29, 0.717) is 18.1 Å². The van der Waals surface area contributed by atoms with Crippen LogP contribution in [0.15, 0.2) is 71.3 Å². The van der Waals surface area contributed by atoms with Crippen molar-refractivity contribution in [2.75, 3.05) is 13.2 Å². The largest absolute Gasteiger partial charge is 0.455 e. The molecule has 0 unspecified atom stereocenters. The average molecular weight is 390 g/mol. The van der Waals surface area contributed by atoms with E-state index in [4.69, 9.17) is 9.15 Å². The molecule has 1 heterocycles. The van der Waals surface area contributed by atoms with E-state index in [0.717, 1.165) is 18.4 Å².